The van der Waals surface area contributed by atoms with Crippen LogP contribution >= 0.6 is 11.3 Å². The van der Waals surface area contributed by atoms with Gasteiger partial charge in [-0.25, -0.2) is 14.3 Å². The van der Waals surface area contributed by atoms with E-state index in [2.05, 4.69) is 14.6 Å². The molecule has 12 heteroatoms. The van der Waals surface area contributed by atoms with Gasteiger partial charge >= 0.3 is 12.5 Å². The maximum atomic E-state index is 12.6. The monoisotopic (exact) mass is 523 g/mol. The van der Waals surface area contributed by atoms with Crippen LogP contribution in [0.5, 0.6) is 5.75 Å². The highest BCUT2D eigenvalue weighted by Gasteiger charge is 2.43. The van der Waals surface area contributed by atoms with Crippen LogP contribution in [-0.4, -0.2) is 63.7 Å². The number of piperidine rings is 1. The van der Waals surface area contributed by atoms with Gasteiger partial charge in [0, 0.05) is 31.7 Å². The average Bonchev–Trinajstić information content (AvgIpc) is 3.46. The molecule has 0 bridgehead atoms. The zero-order valence-corrected chi connectivity index (χ0v) is 21.2. The van der Waals surface area contributed by atoms with E-state index < -0.39 is 12.0 Å². The number of carbonyl (C=O) groups is 1. The quantitative estimate of drug-likeness (QED) is 0.446. The Bertz CT molecular complexity index is 1260. The minimum Gasteiger partial charge on any atom is -0.444 e. The molecule has 2 aromatic heterocycles. The number of fused-ring (bicyclic) bond motifs is 1. The Balaban J connectivity index is 1.28. The van der Waals surface area contributed by atoms with E-state index in [4.69, 9.17) is 9.84 Å². The van der Waals surface area contributed by atoms with Crippen molar-refractivity contribution in [1.82, 2.24) is 19.5 Å². The van der Waals surface area contributed by atoms with Crippen LogP contribution < -0.4 is 9.64 Å². The van der Waals surface area contributed by atoms with Gasteiger partial charge in [-0.2, -0.15) is 0 Å². The minimum atomic E-state index is -4.76. The number of halogens is 3. The number of benzene rings is 1. The third-order valence-electron chi connectivity index (χ3n) is 6.62. The van der Waals surface area contributed by atoms with E-state index >= 15 is 0 Å². The molecule has 1 aromatic carbocycles. The van der Waals surface area contributed by atoms with Crippen LogP contribution in [0.4, 0.5) is 23.1 Å². The third-order valence-corrected chi connectivity index (χ3v) is 7.61. The maximum absolute atomic E-state index is 12.6. The highest BCUT2D eigenvalue weighted by molar-refractivity contribution is 7.20. The number of alkyl halides is 3. The lowest BCUT2D eigenvalue weighted by molar-refractivity contribution is -0.274. The Hall–Kier alpha value is -3.02. The van der Waals surface area contributed by atoms with Crippen molar-refractivity contribution in [3.8, 4) is 17.0 Å². The van der Waals surface area contributed by atoms with E-state index in [1.165, 1.54) is 29.5 Å². The molecule has 0 N–H and O–H groups in total. The fourth-order valence-corrected chi connectivity index (χ4v) is 5.76. The molecule has 5 rings (SSSR count). The summed E-state index contributed by atoms with van der Waals surface area (Å²) in [7, 11) is 0. The van der Waals surface area contributed by atoms with Gasteiger partial charge in [0.2, 0.25) is 10.1 Å². The molecule has 1 amide bonds. The van der Waals surface area contributed by atoms with Crippen LogP contribution in [0.15, 0.2) is 30.5 Å². The van der Waals surface area contributed by atoms with Crippen LogP contribution in [0.3, 0.4) is 0 Å². The average molecular weight is 524 g/mol. The fourth-order valence-electron chi connectivity index (χ4n) is 4.86. The van der Waals surface area contributed by atoms with E-state index in [9.17, 15) is 18.0 Å². The summed E-state index contributed by atoms with van der Waals surface area (Å²) in [5.74, 6) is -0.287. The second-order valence-electron chi connectivity index (χ2n) is 10.4. The molecule has 0 saturated carbocycles. The lowest BCUT2D eigenvalue weighted by atomic mass is 9.78. The van der Waals surface area contributed by atoms with Gasteiger partial charge in [-0.1, -0.05) is 23.5 Å². The van der Waals surface area contributed by atoms with E-state index in [-0.39, 0.29) is 17.3 Å². The SMILES string of the molecule is CC(C)(C)OC(=O)N1CCC2(CC1)CCN(c1nn3c(-c4cccc(OC(F)(F)F)c4)cnc3s1)C2. The van der Waals surface area contributed by atoms with E-state index in [0.29, 0.717) is 29.3 Å². The Kier molecular flexibility index (Phi) is 6.05. The summed E-state index contributed by atoms with van der Waals surface area (Å²) in [4.78, 5) is 21.6. The molecule has 2 aliphatic rings. The summed E-state index contributed by atoms with van der Waals surface area (Å²) >= 11 is 1.45. The van der Waals surface area contributed by atoms with E-state index in [0.717, 1.165) is 37.5 Å². The number of amides is 1. The lowest BCUT2D eigenvalue weighted by Gasteiger charge is -2.39. The van der Waals surface area contributed by atoms with Crippen LogP contribution in [0, 0.1) is 5.41 Å². The minimum absolute atomic E-state index is 0.123. The molecule has 2 saturated heterocycles. The molecule has 194 valence electrons. The fraction of sp³-hybridized carbons (Fsp3) is 0.542. The standard InChI is InChI=1S/C24H28F3N5O3S/c1-22(2,3)35-21(33)30-10-7-23(8-11-30)9-12-31(15-23)20-29-32-18(14-28-19(32)36-20)16-5-4-6-17(13-16)34-24(25,26)27/h4-6,13-14H,7-12,15H2,1-3H3. The Morgan fingerprint density at radius 3 is 2.53 bits per heavy atom. The van der Waals surface area contributed by atoms with Gasteiger partial charge in [0.25, 0.3) is 0 Å². The first-order valence-electron chi connectivity index (χ1n) is 11.8. The molecule has 0 aliphatic carbocycles. The van der Waals surface area contributed by atoms with Gasteiger partial charge in [0.15, 0.2) is 0 Å². The van der Waals surface area contributed by atoms with Crippen molar-refractivity contribution in [3.05, 3.63) is 30.5 Å². The molecule has 8 nitrogen and oxygen atoms in total. The third kappa shape index (κ3) is 5.23. The molecule has 3 aromatic rings. The van der Waals surface area contributed by atoms with Crippen LogP contribution in [0.2, 0.25) is 0 Å². The van der Waals surface area contributed by atoms with Crippen molar-refractivity contribution in [2.45, 2.75) is 52.0 Å². The number of carbonyl (C=O) groups excluding carboxylic acids is 1. The smallest absolute Gasteiger partial charge is 0.444 e. The molecule has 2 fully saturated rings. The van der Waals surface area contributed by atoms with Gasteiger partial charge in [0.05, 0.1) is 11.9 Å². The van der Waals surface area contributed by atoms with Crippen molar-refractivity contribution in [2.24, 2.45) is 5.41 Å². The summed E-state index contributed by atoms with van der Waals surface area (Å²) in [5.41, 5.74) is 0.746. The normalized spacial score (nSPS) is 18.3. The van der Waals surface area contributed by atoms with Gasteiger partial charge in [-0.15, -0.1) is 18.3 Å². The first kappa shape index (κ1) is 24.7. The predicted molar refractivity (Wildman–Crippen MR) is 129 cm³/mol. The Labute approximate surface area is 210 Å². The van der Waals surface area contributed by atoms with Gasteiger partial charge in [0.1, 0.15) is 11.4 Å². The number of rotatable bonds is 3. The highest BCUT2D eigenvalue weighted by atomic mass is 32.1. The number of hydrogen-bond acceptors (Lipinski definition) is 7. The second-order valence-corrected chi connectivity index (χ2v) is 11.4. The zero-order valence-electron chi connectivity index (χ0n) is 20.3. The number of anilines is 1. The molecule has 4 heterocycles. The molecular formula is C24H28F3N5O3S. The summed E-state index contributed by atoms with van der Waals surface area (Å²) in [6.07, 6.45) is -0.585. The maximum Gasteiger partial charge on any atom is 0.573 e. The molecule has 0 radical (unpaired) electrons. The molecular weight excluding hydrogens is 495 g/mol. The van der Waals surface area contributed by atoms with Crippen molar-refractivity contribution < 1.29 is 27.4 Å². The highest BCUT2D eigenvalue weighted by Crippen LogP contribution is 2.43. The Morgan fingerprint density at radius 2 is 1.83 bits per heavy atom. The number of likely N-dealkylation sites (tertiary alicyclic amines) is 1. The van der Waals surface area contributed by atoms with Crippen LogP contribution in [-0.2, 0) is 4.74 Å². The van der Waals surface area contributed by atoms with Crippen LogP contribution in [0.1, 0.15) is 40.0 Å². The summed E-state index contributed by atoms with van der Waals surface area (Å²) in [5, 5.41) is 5.58. The largest absolute Gasteiger partial charge is 0.573 e. The summed E-state index contributed by atoms with van der Waals surface area (Å²) in [6, 6.07) is 5.81. The molecule has 2 aliphatic heterocycles. The molecule has 1 spiro atoms. The number of nitrogens with zero attached hydrogens (tertiary/aromatic N) is 5. The van der Waals surface area contributed by atoms with Crippen molar-refractivity contribution >= 4 is 27.5 Å². The van der Waals surface area contributed by atoms with Gasteiger partial charge in [-0.3, -0.25) is 0 Å². The number of imidazole rings is 1. The number of ether oxygens (including phenoxy) is 2. The van der Waals surface area contributed by atoms with Crippen molar-refractivity contribution in [1.29, 1.82) is 0 Å². The number of hydrogen-bond donors (Lipinski definition) is 0. The summed E-state index contributed by atoms with van der Waals surface area (Å²) < 4.78 is 49.2. The predicted octanol–water partition coefficient (Wildman–Crippen LogP) is 5.58. The first-order valence-corrected chi connectivity index (χ1v) is 12.7. The lowest BCUT2D eigenvalue weighted by Crippen LogP contribution is -2.46. The topological polar surface area (TPSA) is 72.2 Å². The zero-order chi connectivity index (χ0) is 25.7. The molecule has 36 heavy (non-hydrogen) atoms. The number of aromatic nitrogens is 3. The van der Waals surface area contributed by atoms with Crippen molar-refractivity contribution in [2.75, 3.05) is 31.1 Å². The van der Waals surface area contributed by atoms with Crippen LogP contribution in [0.25, 0.3) is 16.2 Å². The van der Waals surface area contributed by atoms with E-state index in [1.54, 1.807) is 21.7 Å². The van der Waals surface area contributed by atoms with E-state index in [1.807, 2.05) is 20.8 Å². The Morgan fingerprint density at radius 1 is 1.11 bits per heavy atom. The van der Waals surface area contributed by atoms with Crippen molar-refractivity contribution in [3.63, 3.8) is 0 Å². The second kappa shape index (κ2) is 8.82. The van der Waals surface area contributed by atoms with Gasteiger partial charge in [-0.05, 0) is 57.6 Å². The first-order chi connectivity index (χ1) is 16.9. The molecule has 0 atom stereocenters. The molecule has 0 unspecified atom stereocenters. The summed E-state index contributed by atoms with van der Waals surface area (Å²) in [6.45, 7) is 8.65. The van der Waals surface area contributed by atoms with Gasteiger partial charge < -0.3 is 19.3 Å².